The number of thioether (sulfide) groups is 1. The van der Waals surface area contributed by atoms with Crippen molar-refractivity contribution in [2.45, 2.75) is 4.90 Å². The molecule has 0 saturated carbocycles. The van der Waals surface area contributed by atoms with Crippen LogP contribution in [0.15, 0.2) is 58.5 Å². The number of hydrogen-bond acceptors (Lipinski definition) is 3. The second kappa shape index (κ2) is 6.85. The number of anilines is 1. The Morgan fingerprint density at radius 3 is 2.58 bits per heavy atom. The first kappa shape index (κ1) is 14.3. The van der Waals surface area contributed by atoms with Gasteiger partial charge in [-0.05, 0) is 42.7 Å². The highest BCUT2D eigenvalue weighted by molar-refractivity contribution is 7.98. The molecule has 0 radical (unpaired) electrons. The van der Waals surface area contributed by atoms with Crippen molar-refractivity contribution >= 4 is 45.8 Å². The van der Waals surface area contributed by atoms with Crippen molar-refractivity contribution < 1.29 is 0 Å². The summed E-state index contributed by atoms with van der Waals surface area (Å²) in [5, 5.41) is 5.26. The van der Waals surface area contributed by atoms with Gasteiger partial charge in [-0.3, -0.25) is 5.43 Å². The normalized spacial score (nSPS) is 11.4. The van der Waals surface area contributed by atoms with Gasteiger partial charge in [0.1, 0.15) is 0 Å². The predicted molar refractivity (Wildman–Crippen MR) is 85.7 cm³/mol. The van der Waals surface area contributed by atoms with Gasteiger partial charge in [-0.1, -0.05) is 35.3 Å². The van der Waals surface area contributed by atoms with Gasteiger partial charge < -0.3 is 0 Å². The number of hydrazone groups is 1. The molecule has 0 saturated heterocycles. The number of nitrogens with one attached hydrogen (secondary N) is 1. The lowest BCUT2D eigenvalue weighted by Crippen LogP contribution is -1.97. The number of nitrogens with zero attached hydrogens (tertiary/aromatic N) is 1. The maximum atomic E-state index is 6.17. The summed E-state index contributed by atoms with van der Waals surface area (Å²) in [4.78, 5) is 1.15. The van der Waals surface area contributed by atoms with Crippen molar-refractivity contribution in [3.63, 3.8) is 0 Å². The monoisotopic (exact) mass is 310 g/mol. The van der Waals surface area contributed by atoms with Crippen LogP contribution in [0.25, 0.3) is 0 Å². The summed E-state index contributed by atoms with van der Waals surface area (Å²) in [6.07, 6.45) is 2.02. The topological polar surface area (TPSA) is 24.4 Å². The second-order valence-corrected chi connectivity index (χ2v) is 5.43. The molecule has 2 nitrogen and oxygen atoms in total. The fourth-order valence-corrected chi connectivity index (χ4v) is 2.20. The lowest BCUT2D eigenvalue weighted by molar-refractivity contribution is 1.34. The minimum absolute atomic E-state index is 0.422. The summed E-state index contributed by atoms with van der Waals surface area (Å²) in [6.45, 7) is 0. The smallest absolute Gasteiger partial charge is 0.156 e. The Morgan fingerprint density at radius 1 is 1.16 bits per heavy atom. The molecule has 0 heterocycles. The van der Waals surface area contributed by atoms with Gasteiger partial charge in [-0.2, -0.15) is 5.10 Å². The number of rotatable bonds is 4. The van der Waals surface area contributed by atoms with E-state index in [-0.39, 0.29) is 0 Å². The molecule has 0 bridgehead atoms. The third-order valence-corrected chi connectivity index (χ3v) is 3.72. The molecular formula is C14H12Cl2N2S. The minimum Gasteiger partial charge on any atom is -0.277 e. The first-order valence-electron chi connectivity index (χ1n) is 5.58. The van der Waals surface area contributed by atoms with Gasteiger partial charge in [0.15, 0.2) is 5.17 Å². The Morgan fingerprint density at radius 2 is 1.89 bits per heavy atom. The zero-order valence-corrected chi connectivity index (χ0v) is 12.6. The molecule has 0 atom stereocenters. The molecule has 0 aliphatic heterocycles. The molecule has 0 aliphatic carbocycles. The Bertz CT molecular complexity index is 582. The lowest BCUT2D eigenvalue weighted by Gasteiger charge is -2.03. The molecule has 2 aromatic rings. The SMILES string of the molecule is CSc1cccc(C(Cl)=NNc2ccc(Cl)cc2)c1. The first-order chi connectivity index (χ1) is 9.19. The number of halogens is 2. The molecule has 98 valence electrons. The van der Waals surface area contributed by atoms with Crippen molar-refractivity contribution in [1.29, 1.82) is 0 Å². The molecular weight excluding hydrogens is 299 g/mol. The van der Waals surface area contributed by atoms with Gasteiger partial charge >= 0.3 is 0 Å². The van der Waals surface area contributed by atoms with Crippen LogP contribution in [0.3, 0.4) is 0 Å². The standard InChI is InChI=1S/C14H12Cl2N2S/c1-19-13-4-2-3-10(9-13)14(16)18-17-12-7-5-11(15)6-8-12/h2-9,17H,1H3. The molecule has 2 aromatic carbocycles. The molecule has 0 unspecified atom stereocenters. The van der Waals surface area contributed by atoms with Crippen molar-refractivity contribution in [2.24, 2.45) is 5.10 Å². The number of hydrogen-bond donors (Lipinski definition) is 1. The maximum Gasteiger partial charge on any atom is 0.156 e. The third kappa shape index (κ3) is 4.16. The highest BCUT2D eigenvalue weighted by Gasteiger charge is 2.01. The van der Waals surface area contributed by atoms with Crippen LogP contribution in [0.4, 0.5) is 5.69 Å². The molecule has 0 spiro atoms. The summed E-state index contributed by atoms with van der Waals surface area (Å²) < 4.78 is 0. The Kier molecular flexibility index (Phi) is 5.14. The van der Waals surface area contributed by atoms with Crippen LogP contribution in [0.1, 0.15) is 5.56 Å². The summed E-state index contributed by atoms with van der Waals surface area (Å²) in [5.41, 5.74) is 4.62. The highest BCUT2D eigenvalue weighted by Crippen LogP contribution is 2.18. The Labute approximate surface area is 126 Å². The molecule has 0 amide bonds. The molecule has 1 N–H and O–H groups in total. The Hall–Kier alpha value is -1.16. The lowest BCUT2D eigenvalue weighted by atomic mass is 10.2. The van der Waals surface area contributed by atoms with Gasteiger partial charge in [-0.15, -0.1) is 11.8 Å². The summed E-state index contributed by atoms with van der Waals surface area (Å²) >= 11 is 13.6. The fourth-order valence-electron chi connectivity index (χ4n) is 1.45. The zero-order valence-electron chi connectivity index (χ0n) is 10.2. The number of benzene rings is 2. The van der Waals surface area contributed by atoms with E-state index in [9.17, 15) is 0 Å². The summed E-state index contributed by atoms with van der Waals surface area (Å²) in [6, 6.07) is 15.2. The van der Waals surface area contributed by atoms with Crippen LogP contribution in [0, 0.1) is 0 Å². The van der Waals surface area contributed by atoms with Crippen LogP contribution in [0.2, 0.25) is 5.02 Å². The summed E-state index contributed by atoms with van der Waals surface area (Å²) in [7, 11) is 0. The van der Waals surface area contributed by atoms with E-state index in [0.717, 1.165) is 16.1 Å². The van der Waals surface area contributed by atoms with Gasteiger partial charge in [0, 0.05) is 15.5 Å². The van der Waals surface area contributed by atoms with E-state index in [1.807, 2.05) is 42.7 Å². The molecule has 0 fully saturated rings. The van der Waals surface area contributed by atoms with E-state index in [1.165, 1.54) is 0 Å². The van der Waals surface area contributed by atoms with E-state index >= 15 is 0 Å². The Balaban J connectivity index is 2.11. The van der Waals surface area contributed by atoms with E-state index in [1.54, 1.807) is 23.9 Å². The van der Waals surface area contributed by atoms with Crippen LogP contribution in [-0.4, -0.2) is 11.4 Å². The average molecular weight is 311 g/mol. The average Bonchev–Trinajstić information content (AvgIpc) is 2.46. The highest BCUT2D eigenvalue weighted by atomic mass is 35.5. The molecule has 5 heteroatoms. The van der Waals surface area contributed by atoms with Gasteiger partial charge in [0.25, 0.3) is 0 Å². The molecule has 0 aliphatic rings. The van der Waals surface area contributed by atoms with Crippen molar-refractivity contribution in [3.05, 3.63) is 59.1 Å². The van der Waals surface area contributed by atoms with Gasteiger partial charge in [-0.25, -0.2) is 0 Å². The fraction of sp³-hybridized carbons (Fsp3) is 0.0714. The van der Waals surface area contributed by atoms with E-state index in [0.29, 0.717) is 10.2 Å². The van der Waals surface area contributed by atoms with Crippen molar-refractivity contribution in [1.82, 2.24) is 0 Å². The van der Waals surface area contributed by atoms with Crippen molar-refractivity contribution in [3.8, 4) is 0 Å². The largest absolute Gasteiger partial charge is 0.277 e. The van der Waals surface area contributed by atoms with E-state index in [4.69, 9.17) is 23.2 Å². The van der Waals surface area contributed by atoms with Crippen molar-refractivity contribution in [2.75, 3.05) is 11.7 Å². The first-order valence-corrected chi connectivity index (χ1v) is 7.56. The van der Waals surface area contributed by atoms with E-state index in [2.05, 4.69) is 10.5 Å². The van der Waals surface area contributed by atoms with Crippen LogP contribution in [0.5, 0.6) is 0 Å². The zero-order chi connectivity index (χ0) is 13.7. The molecule has 19 heavy (non-hydrogen) atoms. The van der Waals surface area contributed by atoms with Crippen LogP contribution < -0.4 is 5.43 Å². The predicted octanol–water partition coefficient (Wildman–Crippen LogP) is 5.07. The van der Waals surface area contributed by atoms with Crippen LogP contribution >= 0.6 is 35.0 Å². The quantitative estimate of drug-likeness (QED) is 0.484. The second-order valence-electron chi connectivity index (χ2n) is 3.75. The van der Waals surface area contributed by atoms with Gasteiger partial charge in [0.2, 0.25) is 0 Å². The summed E-state index contributed by atoms with van der Waals surface area (Å²) in [5.74, 6) is 0. The molecule has 2 rings (SSSR count). The minimum atomic E-state index is 0.422. The van der Waals surface area contributed by atoms with E-state index < -0.39 is 0 Å². The van der Waals surface area contributed by atoms with Crippen LogP contribution in [-0.2, 0) is 0 Å². The van der Waals surface area contributed by atoms with Gasteiger partial charge in [0.05, 0.1) is 5.69 Å². The maximum absolute atomic E-state index is 6.17. The third-order valence-electron chi connectivity index (χ3n) is 2.44. The molecule has 0 aromatic heterocycles.